The zero-order valence-electron chi connectivity index (χ0n) is 14.8. The van der Waals surface area contributed by atoms with Crippen LogP contribution in [0.15, 0.2) is 51.9 Å². The van der Waals surface area contributed by atoms with Gasteiger partial charge in [0.2, 0.25) is 0 Å². The highest BCUT2D eigenvalue weighted by atomic mass is 79.9. The molecule has 0 amide bonds. The van der Waals surface area contributed by atoms with Gasteiger partial charge >= 0.3 is 0 Å². The Morgan fingerprint density at radius 3 is 2.56 bits per heavy atom. The highest BCUT2D eigenvalue weighted by molar-refractivity contribution is 9.10. The normalized spacial score (nSPS) is 11.1. The van der Waals surface area contributed by atoms with Crippen LogP contribution in [0.4, 0.5) is 0 Å². The number of guanidine groups is 1. The van der Waals surface area contributed by atoms with Crippen LogP contribution in [0.3, 0.4) is 0 Å². The quantitative estimate of drug-likeness (QED) is 0.544. The number of nitrogens with one attached hydrogen (secondary N) is 2. The van der Waals surface area contributed by atoms with Gasteiger partial charge in [0.25, 0.3) is 0 Å². The van der Waals surface area contributed by atoms with Crippen molar-refractivity contribution < 1.29 is 9.47 Å². The van der Waals surface area contributed by atoms with Gasteiger partial charge in [0.1, 0.15) is 11.5 Å². The highest BCUT2D eigenvalue weighted by Gasteiger charge is 2.03. The first kappa shape index (κ1) is 19.1. The van der Waals surface area contributed by atoms with Crippen molar-refractivity contribution in [2.75, 3.05) is 20.8 Å². The fraction of sp³-hybridized carbons (Fsp3) is 0.316. The van der Waals surface area contributed by atoms with E-state index >= 15 is 0 Å². The van der Waals surface area contributed by atoms with E-state index in [1.54, 1.807) is 14.2 Å². The molecular formula is C19H24BrN3O2. The molecule has 6 heteroatoms. The molecule has 2 N–H and O–H groups in total. The average molecular weight is 406 g/mol. The summed E-state index contributed by atoms with van der Waals surface area (Å²) in [4.78, 5) is 4.63. The zero-order chi connectivity index (χ0) is 18.1. The van der Waals surface area contributed by atoms with E-state index in [1.165, 1.54) is 0 Å². The van der Waals surface area contributed by atoms with Crippen LogP contribution in [-0.2, 0) is 13.1 Å². The van der Waals surface area contributed by atoms with E-state index in [9.17, 15) is 0 Å². The third-order valence-electron chi connectivity index (χ3n) is 3.57. The van der Waals surface area contributed by atoms with Gasteiger partial charge in [0, 0.05) is 13.1 Å². The molecule has 2 aromatic carbocycles. The number of ether oxygens (including phenoxy) is 2. The summed E-state index contributed by atoms with van der Waals surface area (Å²) in [6, 6.07) is 13.9. The summed E-state index contributed by atoms with van der Waals surface area (Å²) in [6.45, 7) is 4.11. The van der Waals surface area contributed by atoms with Crippen molar-refractivity contribution in [3.63, 3.8) is 0 Å². The first-order valence-corrected chi connectivity index (χ1v) is 8.93. The molecule has 0 aliphatic heterocycles. The van der Waals surface area contributed by atoms with Crippen molar-refractivity contribution in [3.8, 4) is 11.5 Å². The van der Waals surface area contributed by atoms with Crippen molar-refractivity contribution in [1.29, 1.82) is 0 Å². The Balaban J connectivity index is 2.00. The maximum atomic E-state index is 5.26. The maximum Gasteiger partial charge on any atom is 0.191 e. The number of rotatable bonds is 7. The van der Waals surface area contributed by atoms with Crippen LogP contribution >= 0.6 is 15.9 Å². The lowest BCUT2D eigenvalue weighted by atomic mass is 10.2. The Labute approximate surface area is 157 Å². The minimum absolute atomic E-state index is 0.582. The summed E-state index contributed by atoms with van der Waals surface area (Å²) in [5.74, 6) is 2.44. The van der Waals surface area contributed by atoms with E-state index in [0.717, 1.165) is 39.6 Å². The monoisotopic (exact) mass is 405 g/mol. The van der Waals surface area contributed by atoms with Gasteiger partial charge in [-0.2, -0.15) is 0 Å². The van der Waals surface area contributed by atoms with Crippen LogP contribution in [0.2, 0.25) is 0 Å². The minimum Gasteiger partial charge on any atom is -0.497 e. The predicted molar refractivity (Wildman–Crippen MR) is 105 cm³/mol. The molecule has 2 rings (SSSR count). The molecule has 0 fully saturated rings. The fourth-order valence-corrected chi connectivity index (χ4v) is 2.88. The van der Waals surface area contributed by atoms with Crippen LogP contribution in [0.1, 0.15) is 18.1 Å². The van der Waals surface area contributed by atoms with Gasteiger partial charge in [0.15, 0.2) is 5.96 Å². The number of halogens is 1. The SMILES string of the molecule is CCNC(=NCc1cccc(OC)c1)NCc1ccc(OC)c(Br)c1. The summed E-state index contributed by atoms with van der Waals surface area (Å²) in [6.07, 6.45) is 0. The molecule has 0 radical (unpaired) electrons. The standard InChI is InChI=1S/C19H24BrN3O2/c1-4-21-19(22-12-14-6-5-7-16(10-14)24-2)23-13-15-8-9-18(25-3)17(20)11-15/h5-11H,4,12-13H2,1-3H3,(H2,21,22,23). The van der Waals surface area contributed by atoms with E-state index in [4.69, 9.17) is 9.47 Å². The smallest absolute Gasteiger partial charge is 0.191 e. The second-order valence-corrected chi connectivity index (χ2v) is 6.22. The number of hydrogen-bond donors (Lipinski definition) is 2. The second-order valence-electron chi connectivity index (χ2n) is 5.37. The van der Waals surface area contributed by atoms with Crippen molar-refractivity contribution in [1.82, 2.24) is 10.6 Å². The number of hydrogen-bond acceptors (Lipinski definition) is 3. The van der Waals surface area contributed by atoms with Crippen LogP contribution in [-0.4, -0.2) is 26.7 Å². The van der Waals surface area contributed by atoms with E-state index in [0.29, 0.717) is 13.1 Å². The Kier molecular flexibility index (Phi) is 7.60. The van der Waals surface area contributed by atoms with Crippen molar-refractivity contribution in [2.45, 2.75) is 20.0 Å². The summed E-state index contributed by atoms with van der Waals surface area (Å²) < 4.78 is 11.4. The molecule has 0 unspecified atom stereocenters. The summed E-state index contributed by atoms with van der Waals surface area (Å²) in [7, 11) is 3.33. The molecule has 0 aliphatic rings. The molecule has 2 aromatic rings. The molecule has 134 valence electrons. The number of aliphatic imine (C=N–C) groups is 1. The molecule has 0 saturated heterocycles. The first-order valence-electron chi connectivity index (χ1n) is 8.13. The molecule has 0 heterocycles. The van der Waals surface area contributed by atoms with E-state index in [1.807, 2.05) is 49.4 Å². The number of methoxy groups -OCH3 is 2. The summed E-state index contributed by atoms with van der Waals surface area (Å²) >= 11 is 3.51. The second kappa shape index (κ2) is 9.93. The third kappa shape index (κ3) is 5.98. The van der Waals surface area contributed by atoms with Gasteiger partial charge < -0.3 is 20.1 Å². The lowest BCUT2D eigenvalue weighted by Gasteiger charge is -2.12. The van der Waals surface area contributed by atoms with Gasteiger partial charge in [0.05, 0.1) is 25.2 Å². The van der Waals surface area contributed by atoms with E-state index in [-0.39, 0.29) is 0 Å². The van der Waals surface area contributed by atoms with Crippen LogP contribution in [0.5, 0.6) is 11.5 Å². The van der Waals surface area contributed by atoms with Crippen molar-refractivity contribution >= 4 is 21.9 Å². The highest BCUT2D eigenvalue weighted by Crippen LogP contribution is 2.25. The van der Waals surface area contributed by atoms with Crippen LogP contribution in [0.25, 0.3) is 0 Å². The maximum absolute atomic E-state index is 5.26. The Hall–Kier alpha value is -2.21. The number of nitrogens with zero attached hydrogens (tertiary/aromatic N) is 1. The Bertz CT molecular complexity index is 720. The van der Waals surface area contributed by atoms with Crippen LogP contribution < -0.4 is 20.1 Å². The molecule has 0 bridgehead atoms. The molecule has 0 aromatic heterocycles. The lowest BCUT2D eigenvalue weighted by molar-refractivity contribution is 0.412. The molecule has 5 nitrogen and oxygen atoms in total. The predicted octanol–water partition coefficient (Wildman–Crippen LogP) is 3.72. The van der Waals surface area contributed by atoms with Gasteiger partial charge in [-0.3, -0.25) is 0 Å². The van der Waals surface area contributed by atoms with E-state index < -0.39 is 0 Å². The van der Waals surface area contributed by atoms with Gasteiger partial charge in [-0.15, -0.1) is 0 Å². The Morgan fingerprint density at radius 1 is 1.04 bits per heavy atom. The first-order chi connectivity index (χ1) is 12.2. The average Bonchev–Trinajstić information content (AvgIpc) is 2.64. The molecule has 0 spiro atoms. The fourth-order valence-electron chi connectivity index (χ4n) is 2.29. The topological polar surface area (TPSA) is 54.9 Å². The van der Waals surface area contributed by atoms with Gasteiger partial charge in [-0.05, 0) is 58.2 Å². The third-order valence-corrected chi connectivity index (χ3v) is 4.19. The zero-order valence-corrected chi connectivity index (χ0v) is 16.4. The summed E-state index contributed by atoms with van der Waals surface area (Å²) in [5.41, 5.74) is 2.24. The Morgan fingerprint density at radius 2 is 1.88 bits per heavy atom. The minimum atomic E-state index is 0.582. The van der Waals surface area contributed by atoms with Gasteiger partial charge in [-0.25, -0.2) is 4.99 Å². The molecular weight excluding hydrogens is 382 g/mol. The van der Waals surface area contributed by atoms with Crippen LogP contribution in [0, 0.1) is 0 Å². The number of benzene rings is 2. The van der Waals surface area contributed by atoms with Crippen molar-refractivity contribution in [3.05, 3.63) is 58.1 Å². The van der Waals surface area contributed by atoms with E-state index in [2.05, 4.69) is 31.6 Å². The molecule has 25 heavy (non-hydrogen) atoms. The lowest BCUT2D eigenvalue weighted by Crippen LogP contribution is -2.36. The molecule has 0 atom stereocenters. The molecule has 0 aliphatic carbocycles. The summed E-state index contributed by atoms with van der Waals surface area (Å²) in [5, 5.41) is 6.61. The largest absolute Gasteiger partial charge is 0.497 e. The molecule has 0 saturated carbocycles. The van der Waals surface area contributed by atoms with Gasteiger partial charge in [-0.1, -0.05) is 18.2 Å². The van der Waals surface area contributed by atoms with Crippen molar-refractivity contribution in [2.24, 2.45) is 4.99 Å².